The van der Waals surface area contributed by atoms with Crippen LogP contribution >= 0.6 is 27.5 Å². The van der Waals surface area contributed by atoms with Gasteiger partial charge in [0.05, 0.1) is 4.90 Å². The molecule has 1 rings (SSSR count). The predicted octanol–water partition coefficient (Wildman–Crippen LogP) is 3.43. The fourth-order valence-corrected chi connectivity index (χ4v) is 3.63. The molecule has 0 heterocycles. The second kappa shape index (κ2) is 6.89. The number of nitrogens with one attached hydrogen (secondary N) is 1. The molecule has 0 aliphatic carbocycles. The van der Waals surface area contributed by atoms with E-state index in [4.69, 9.17) is 11.6 Å². The molecule has 102 valence electrons. The summed E-state index contributed by atoms with van der Waals surface area (Å²) in [5.74, 6) is 0.431. The van der Waals surface area contributed by atoms with E-state index in [0.717, 1.165) is 6.42 Å². The molecule has 1 atom stereocenters. The first-order chi connectivity index (χ1) is 8.35. The second-order valence-electron chi connectivity index (χ2n) is 4.56. The number of alkyl halides is 1. The molecule has 0 aliphatic heterocycles. The molecule has 1 N–H and O–H groups in total. The molecule has 18 heavy (non-hydrogen) atoms. The minimum absolute atomic E-state index is 0.106. The standard InChI is InChI=1S/C12H17BrClNO2S/c1-9(2)7-11(8-13)15-18(16,17)12-5-3-10(14)4-6-12/h3-6,9,11,15H,7-8H2,1-2H3. The highest BCUT2D eigenvalue weighted by molar-refractivity contribution is 9.09. The normalized spacial score (nSPS) is 13.8. The number of hydrogen-bond donors (Lipinski definition) is 1. The zero-order valence-electron chi connectivity index (χ0n) is 10.4. The first kappa shape index (κ1) is 16.0. The third-order valence-corrected chi connectivity index (χ3v) is 4.96. The van der Waals surface area contributed by atoms with Crippen molar-refractivity contribution in [3.63, 3.8) is 0 Å². The number of hydrogen-bond acceptors (Lipinski definition) is 2. The monoisotopic (exact) mass is 353 g/mol. The largest absolute Gasteiger partial charge is 0.240 e. The molecule has 1 aromatic carbocycles. The maximum Gasteiger partial charge on any atom is 0.240 e. The Morgan fingerprint density at radius 1 is 1.28 bits per heavy atom. The van der Waals surface area contributed by atoms with E-state index in [1.54, 1.807) is 12.1 Å². The number of rotatable bonds is 6. The number of benzene rings is 1. The molecular weight excluding hydrogens is 338 g/mol. The summed E-state index contributed by atoms with van der Waals surface area (Å²) >= 11 is 9.07. The van der Waals surface area contributed by atoms with Gasteiger partial charge < -0.3 is 0 Å². The molecule has 1 aromatic rings. The summed E-state index contributed by atoms with van der Waals surface area (Å²) < 4.78 is 26.9. The van der Waals surface area contributed by atoms with E-state index in [1.807, 2.05) is 0 Å². The van der Waals surface area contributed by atoms with Gasteiger partial charge in [-0.3, -0.25) is 0 Å². The van der Waals surface area contributed by atoms with E-state index >= 15 is 0 Å². The molecule has 1 unspecified atom stereocenters. The van der Waals surface area contributed by atoms with E-state index in [9.17, 15) is 8.42 Å². The molecule has 3 nitrogen and oxygen atoms in total. The van der Waals surface area contributed by atoms with Crippen molar-refractivity contribution in [2.24, 2.45) is 5.92 Å². The highest BCUT2D eigenvalue weighted by Crippen LogP contribution is 2.16. The van der Waals surface area contributed by atoms with Gasteiger partial charge in [0.1, 0.15) is 0 Å². The van der Waals surface area contributed by atoms with Gasteiger partial charge in [-0.25, -0.2) is 13.1 Å². The number of halogens is 2. The van der Waals surface area contributed by atoms with Gasteiger partial charge in [-0.1, -0.05) is 41.4 Å². The van der Waals surface area contributed by atoms with Crippen LogP contribution in [0, 0.1) is 5.92 Å². The van der Waals surface area contributed by atoms with Crippen molar-refractivity contribution in [2.45, 2.75) is 31.2 Å². The SMILES string of the molecule is CC(C)CC(CBr)NS(=O)(=O)c1ccc(Cl)cc1. The van der Waals surface area contributed by atoms with Crippen molar-refractivity contribution in [2.75, 3.05) is 5.33 Å². The zero-order valence-corrected chi connectivity index (χ0v) is 13.5. The van der Waals surface area contributed by atoms with E-state index < -0.39 is 10.0 Å². The highest BCUT2D eigenvalue weighted by Gasteiger charge is 2.19. The van der Waals surface area contributed by atoms with E-state index in [-0.39, 0.29) is 10.9 Å². The van der Waals surface area contributed by atoms with Crippen LogP contribution in [0.3, 0.4) is 0 Å². The summed E-state index contributed by atoms with van der Waals surface area (Å²) in [6.07, 6.45) is 0.790. The Bertz CT molecular complexity index is 473. The van der Waals surface area contributed by atoms with Gasteiger partial charge in [-0.2, -0.15) is 0 Å². The Morgan fingerprint density at radius 2 is 1.83 bits per heavy atom. The molecule has 0 saturated heterocycles. The van der Waals surface area contributed by atoms with Crippen LogP contribution < -0.4 is 4.72 Å². The zero-order chi connectivity index (χ0) is 13.8. The van der Waals surface area contributed by atoms with E-state index in [1.165, 1.54) is 12.1 Å². The Hall–Kier alpha value is -0.100. The first-order valence-corrected chi connectivity index (χ1v) is 8.67. The van der Waals surface area contributed by atoms with E-state index in [2.05, 4.69) is 34.5 Å². The minimum atomic E-state index is -3.47. The number of sulfonamides is 1. The topological polar surface area (TPSA) is 46.2 Å². The lowest BCUT2D eigenvalue weighted by atomic mass is 10.1. The van der Waals surface area contributed by atoms with Crippen LogP contribution in [0.15, 0.2) is 29.2 Å². The van der Waals surface area contributed by atoms with Crippen molar-refractivity contribution in [1.29, 1.82) is 0 Å². The maximum absolute atomic E-state index is 12.1. The summed E-state index contributed by atoms with van der Waals surface area (Å²) in [6, 6.07) is 6.05. The van der Waals surface area contributed by atoms with Crippen molar-refractivity contribution in [3.05, 3.63) is 29.3 Å². The lowest BCUT2D eigenvalue weighted by Crippen LogP contribution is -2.36. The molecular formula is C12H17BrClNO2S. The highest BCUT2D eigenvalue weighted by atomic mass is 79.9. The van der Waals surface area contributed by atoms with Crippen LogP contribution in [0.4, 0.5) is 0 Å². The molecule has 0 radical (unpaired) electrons. The van der Waals surface area contributed by atoms with Crippen LogP contribution in [0.25, 0.3) is 0 Å². The quantitative estimate of drug-likeness (QED) is 0.796. The van der Waals surface area contributed by atoms with Gasteiger partial charge in [0, 0.05) is 16.4 Å². The smallest absolute Gasteiger partial charge is 0.207 e. The first-order valence-electron chi connectivity index (χ1n) is 5.69. The average Bonchev–Trinajstić information content (AvgIpc) is 2.27. The molecule has 0 aromatic heterocycles. The summed E-state index contributed by atoms with van der Waals surface area (Å²) in [4.78, 5) is 0.238. The summed E-state index contributed by atoms with van der Waals surface area (Å²) in [5.41, 5.74) is 0. The molecule has 6 heteroatoms. The third-order valence-electron chi connectivity index (χ3n) is 2.39. The lowest BCUT2D eigenvalue weighted by Gasteiger charge is -2.18. The third kappa shape index (κ3) is 4.88. The van der Waals surface area contributed by atoms with Crippen molar-refractivity contribution >= 4 is 37.6 Å². The van der Waals surface area contributed by atoms with Crippen LogP contribution in [-0.2, 0) is 10.0 Å². The Morgan fingerprint density at radius 3 is 2.28 bits per heavy atom. The van der Waals surface area contributed by atoms with Crippen LogP contribution in [0.5, 0.6) is 0 Å². The Balaban J connectivity index is 2.83. The fourth-order valence-electron chi connectivity index (χ4n) is 1.61. The molecule has 0 amide bonds. The summed E-state index contributed by atoms with van der Waals surface area (Å²) in [5, 5.41) is 1.12. The maximum atomic E-state index is 12.1. The second-order valence-corrected chi connectivity index (χ2v) is 7.35. The van der Waals surface area contributed by atoms with Gasteiger partial charge in [0.2, 0.25) is 10.0 Å². The fraction of sp³-hybridized carbons (Fsp3) is 0.500. The lowest BCUT2D eigenvalue weighted by molar-refractivity contribution is 0.488. The van der Waals surface area contributed by atoms with Crippen molar-refractivity contribution < 1.29 is 8.42 Å². The van der Waals surface area contributed by atoms with Gasteiger partial charge >= 0.3 is 0 Å². The molecule has 0 spiro atoms. The summed E-state index contributed by atoms with van der Waals surface area (Å²) in [7, 11) is -3.47. The average molecular weight is 355 g/mol. The van der Waals surface area contributed by atoms with Crippen molar-refractivity contribution in [3.8, 4) is 0 Å². The van der Waals surface area contributed by atoms with E-state index in [0.29, 0.717) is 16.3 Å². The summed E-state index contributed by atoms with van der Waals surface area (Å²) in [6.45, 7) is 4.12. The van der Waals surface area contributed by atoms with Crippen LogP contribution in [0.2, 0.25) is 5.02 Å². The van der Waals surface area contributed by atoms with Gasteiger partial charge in [-0.15, -0.1) is 0 Å². The van der Waals surface area contributed by atoms with Crippen LogP contribution in [-0.4, -0.2) is 19.8 Å². The predicted molar refractivity (Wildman–Crippen MR) is 78.8 cm³/mol. The molecule has 0 bridgehead atoms. The van der Waals surface area contributed by atoms with Gasteiger partial charge in [0.15, 0.2) is 0 Å². The van der Waals surface area contributed by atoms with Gasteiger partial charge in [-0.05, 0) is 36.6 Å². The molecule has 0 saturated carbocycles. The molecule has 0 fully saturated rings. The molecule has 0 aliphatic rings. The Kier molecular flexibility index (Phi) is 6.11. The van der Waals surface area contributed by atoms with Crippen molar-refractivity contribution in [1.82, 2.24) is 4.72 Å². The van der Waals surface area contributed by atoms with Gasteiger partial charge in [0.25, 0.3) is 0 Å². The van der Waals surface area contributed by atoms with Crippen LogP contribution in [0.1, 0.15) is 20.3 Å². The Labute approximate surface area is 122 Å². The minimum Gasteiger partial charge on any atom is -0.207 e.